The Balaban J connectivity index is 0.000000107. The van der Waals surface area contributed by atoms with Gasteiger partial charge in [-0.1, -0.05) is 331 Å². The zero-order valence-electron chi connectivity index (χ0n) is 79.4. The van der Waals surface area contributed by atoms with Gasteiger partial charge in [0.2, 0.25) is 0 Å². The number of hydrogen-bond acceptors (Lipinski definition) is 7. The molecule has 0 atom stereocenters. The fourth-order valence-electron chi connectivity index (χ4n) is 22.5. The normalized spacial score (nSPS) is 13.3. The number of benzene rings is 21. The molecule has 11 heteroatoms. The van der Waals surface area contributed by atoms with Crippen molar-refractivity contribution < 1.29 is 70.2 Å². The summed E-state index contributed by atoms with van der Waals surface area (Å²) < 4.78 is 0. The smallest absolute Gasteiger partial charge is 0.504 e. The molecule has 0 saturated heterocycles. The Kier molecular flexibility index (Phi) is 23.9. The summed E-state index contributed by atoms with van der Waals surface area (Å²) >= 11 is 0. The Morgan fingerprint density at radius 3 is 0.881 bits per heavy atom. The first-order valence-electron chi connectivity index (χ1n) is 47.8. The van der Waals surface area contributed by atoms with Gasteiger partial charge < -0.3 is 14.9 Å². The Labute approximate surface area is 870 Å². The third-order valence-corrected chi connectivity index (χ3v) is 29.7. The van der Waals surface area contributed by atoms with Crippen molar-refractivity contribution in [1.82, 2.24) is 19.9 Å². The van der Waals surface area contributed by atoms with Gasteiger partial charge in [0.15, 0.2) is 0 Å². The van der Waals surface area contributed by atoms with Gasteiger partial charge in [-0.25, -0.2) is 9.78 Å². The SMILES string of the molecule is CC1(C)c2c[c-]c(-c3ccc4ccccc4n3)cc2-c2cc3c4ccccc4c4ccccc4c3cc21.CC1(C)c2c[c-]c(-c3ccc4ccccc4n3)cc2-c2cc3c4ccccc4c4ccccc4c3cc21.CC1(C)c2c[c-]c(-c3ccc4ccccc4n3)cc2-c2cc3c4ccccc4c4ccccc4c3cc21.CN1[CH-]N(c2[c-]cc3ccccc3c2)c2ccccc21.O=C(O)c1ccccn1.[Ir+3].[Ir].[Ir]. The second-order valence-electron chi connectivity index (χ2n) is 38.7. The van der Waals surface area contributed by atoms with E-state index in [1.807, 2.05) is 18.2 Å². The van der Waals surface area contributed by atoms with Crippen LogP contribution in [-0.4, -0.2) is 38.1 Å². The number of rotatable bonds is 5. The summed E-state index contributed by atoms with van der Waals surface area (Å²) in [5, 5.41) is 37.9. The van der Waals surface area contributed by atoms with Gasteiger partial charge in [0, 0.05) is 57.8 Å². The molecule has 21 aromatic carbocycles. The van der Waals surface area contributed by atoms with E-state index in [1.54, 1.807) is 12.1 Å². The zero-order chi connectivity index (χ0) is 94.4. The van der Waals surface area contributed by atoms with E-state index in [0.717, 1.165) is 72.2 Å². The fourth-order valence-corrected chi connectivity index (χ4v) is 22.5. The number of carboxylic acids is 1. The zero-order valence-corrected chi connectivity index (χ0v) is 86.6. The first kappa shape index (κ1) is 92.6. The van der Waals surface area contributed by atoms with Gasteiger partial charge in [0.25, 0.3) is 0 Å². The second-order valence-corrected chi connectivity index (χ2v) is 38.7. The Bertz CT molecular complexity index is 8790. The third-order valence-electron chi connectivity index (χ3n) is 29.7. The van der Waals surface area contributed by atoms with E-state index in [9.17, 15) is 4.79 Å². The summed E-state index contributed by atoms with van der Waals surface area (Å²) in [4.78, 5) is 32.9. The molecule has 0 amide bonds. The average Bonchev–Trinajstić information content (AvgIpc) is 1.60. The molecule has 0 spiro atoms. The molecule has 4 aromatic heterocycles. The topological polar surface area (TPSA) is 95.3 Å². The van der Waals surface area contributed by atoms with E-state index in [0.29, 0.717) is 0 Å². The van der Waals surface area contributed by atoms with Crippen molar-refractivity contribution in [3.05, 3.63) is 483 Å². The summed E-state index contributed by atoms with van der Waals surface area (Å²) in [6.07, 6.45) is 1.45. The minimum atomic E-state index is -0.990. The molecule has 0 unspecified atom stereocenters. The van der Waals surface area contributed by atoms with Crippen molar-refractivity contribution in [3.8, 4) is 67.2 Å². The van der Waals surface area contributed by atoms with Crippen LogP contribution in [0.15, 0.2) is 413 Å². The van der Waals surface area contributed by atoms with Crippen molar-refractivity contribution in [3.63, 3.8) is 0 Å². The summed E-state index contributed by atoms with van der Waals surface area (Å²) in [6, 6.07) is 159. The van der Waals surface area contributed by atoms with Gasteiger partial charge in [-0.05, 0) is 266 Å². The molecular weight excluding hydrogens is 2280 g/mol. The number of anilines is 3. The Morgan fingerprint density at radius 2 is 0.559 bits per heavy atom. The van der Waals surface area contributed by atoms with Crippen LogP contribution in [0.1, 0.15) is 85.4 Å². The minimum absolute atomic E-state index is 0. The number of carboxylic acid groups (broad SMARTS) is 1. The molecule has 1 aliphatic heterocycles. The maximum Gasteiger partial charge on any atom is 3.00 e. The van der Waals surface area contributed by atoms with Crippen LogP contribution in [0.25, 0.3) is 208 Å². The van der Waals surface area contributed by atoms with Crippen molar-refractivity contribution in [2.75, 3.05) is 16.8 Å². The van der Waals surface area contributed by atoms with Gasteiger partial charge in [-0.2, -0.15) is 18.8 Å². The number of nitrogens with zero attached hydrogens (tertiary/aromatic N) is 6. The molecule has 143 heavy (non-hydrogen) atoms. The monoisotopic (exact) mass is 2370 g/mol. The quantitative estimate of drug-likeness (QED) is 0.135. The Hall–Kier alpha value is -15.4. The van der Waals surface area contributed by atoms with Gasteiger partial charge in [0.05, 0.1) is 16.6 Å². The van der Waals surface area contributed by atoms with Crippen molar-refractivity contribution in [1.29, 1.82) is 0 Å². The van der Waals surface area contributed by atoms with Crippen molar-refractivity contribution >= 4 is 163 Å². The maximum atomic E-state index is 10.1. The number of aromatic carboxylic acids is 1. The van der Waals surface area contributed by atoms with Gasteiger partial charge >= 0.3 is 26.1 Å². The molecule has 2 radical (unpaired) electrons. The van der Waals surface area contributed by atoms with Crippen LogP contribution < -0.4 is 9.80 Å². The molecule has 4 aliphatic rings. The molecule has 1 N–H and O–H groups in total. The van der Waals surface area contributed by atoms with Crippen molar-refractivity contribution in [2.45, 2.75) is 57.8 Å². The van der Waals surface area contributed by atoms with E-state index in [-0.39, 0.29) is 82.3 Å². The van der Waals surface area contributed by atoms with E-state index >= 15 is 0 Å². The first-order valence-corrected chi connectivity index (χ1v) is 47.8. The predicted octanol–water partition coefficient (Wildman–Crippen LogP) is 33.5. The third kappa shape index (κ3) is 15.8. The fraction of sp³-hybridized carbons (Fsp3) is 0.0758. The molecule has 690 valence electrons. The van der Waals surface area contributed by atoms with Crippen LogP contribution in [0, 0.1) is 30.9 Å². The molecule has 0 saturated carbocycles. The summed E-state index contributed by atoms with van der Waals surface area (Å²) in [5.74, 6) is -0.990. The Morgan fingerprint density at radius 1 is 0.280 bits per heavy atom. The molecule has 0 fully saturated rings. The maximum absolute atomic E-state index is 10.1. The van der Waals surface area contributed by atoms with E-state index in [1.165, 1.54) is 198 Å². The standard InChI is InChI=1S/3C36H24N.C18H14N2.C6H5NO2.3Ir/c3*1-36(2)32-17-15-23(35-18-16-22-9-3-8-14-34(22)37-35)19-30(32)31-20-28-26-12-6-4-10-24(26)25-11-5-7-13-27(25)29(28)21-33(31)36;1-19-13-20(18-9-5-4-8-17(18)19)16-11-10-14-6-2-3-7-15(14)12-16;8-6(9)5-3-1-2-4-7-5;;;/h3*3-14,16-21H,1-2H3;2-10,12-13H,1H3;1-4H,(H,8,9);;;/q3*-1;-2;;;;+3. The summed E-state index contributed by atoms with van der Waals surface area (Å²) in [7, 11) is 2.07. The van der Waals surface area contributed by atoms with E-state index in [4.69, 9.17) is 20.1 Å². The number of pyridine rings is 4. The summed E-state index contributed by atoms with van der Waals surface area (Å²) in [6.45, 7) is 16.2. The number of carbonyl (C=O) groups is 1. The largest absolute Gasteiger partial charge is 3.00 e. The molecule has 5 heterocycles. The molecule has 29 rings (SSSR count). The van der Waals surface area contributed by atoms with Gasteiger partial charge in [-0.15, -0.1) is 117 Å². The average molecular weight is 2370 g/mol. The number of hydrogen-bond donors (Lipinski definition) is 1. The molecule has 8 nitrogen and oxygen atoms in total. The van der Waals surface area contributed by atoms with Crippen LogP contribution in [0.5, 0.6) is 0 Å². The molecule has 25 aromatic rings. The predicted molar refractivity (Wildman–Crippen MR) is 584 cm³/mol. The number of aromatic nitrogens is 4. The second kappa shape index (κ2) is 36.9. The first-order chi connectivity index (χ1) is 68.4. The molecule has 3 aliphatic carbocycles. The van der Waals surface area contributed by atoms with Crippen LogP contribution >= 0.6 is 0 Å². The van der Waals surface area contributed by atoms with Crippen LogP contribution in [0.2, 0.25) is 0 Å². The van der Waals surface area contributed by atoms with Gasteiger partial charge in [-0.3, -0.25) is 15.0 Å². The van der Waals surface area contributed by atoms with Crippen molar-refractivity contribution in [2.24, 2.45) is 0 Å². The van der Waals surface area contributed by atoms with E-state index < -0.39 is 5.97 Å². The molecule has 0 bridgehead atoms. The number of fused-ring (bicyclic) bond motifs is 32. The molecular formula is C132H91Ir3N6O2-2. The van der Waals surface area contributed by atoms with E-state index in [2.05, 4.69) is 464 Å². The van der Waals surface area contributed by atoms with Crippen LogP contribution in [-0.2, 0) is 76.6 Å². The van der Waals surface area contributed by atoms with Gasteiger partial charge in [0.1, 0.15) is 5.69 Å². The summed E-state index contributed by atoms with van der Waals surface area (Å²) in [5.41, 5.74) is 28.3. The number of para-hydroxylation sites is 5. The van der Waals surface area contributed by atoms with Crippen LogP contribution in [0.3, 0.4) is 0 Å². The van der Waals surface area contributed by atoms with Crippen LogP contribution in [0.4, 0.5) is 17.1 Å². The minimum Gasteiger partial charge on any atom is -0.504 e.